The molecular formula is C127H193ClN12O8S. The Morgan fingerprint density at radius 3 is 1.04 bits per heavy atom. The molecule has 8 aromatic carbocycles. The van der Waals surface area contributed by atoms with Crippen molar-refractivity contribution in [1.29, 1.82) is 0 Å². The van der Waals surface area contributed by atoms with E-state index in [-0.39, 0.29) is 72.9 Å². The van der Waals surface area contributed by atoms with Crippen molar-refractivity contribution in [2.24, 2.45) is 11.8 Å². The number of ketones is 1. The van der Waals surface area contributed by atoms with Gasteiger partial charge in [0.1, 0.15) is 5.78 Å². The summed E-state index contributed by atoms with van der Waals surface area (Å²) in [6.07, 6.45) is 9.10. The molecule has 8 fully saturated rings. The third-order valence-corrected chi connectivity index (χ3v) is 31.8. The van der Waals surface area contributed by atoms with E-state index in [1.807, 2.05) is 37.7 Å². The number of halogens is 1. The molecule has 8 aromatic rings. The Labute approximate surface area is 908 Å². The number of benzene rings is 8. The number of morpholine rings is 2. The molecule has 1 atom stereocenters. The van der Waals surface area contributed by atoms with Gasteiger partial charge in [0.2, 0.25) is 27.7 Å². The Balaban J connectivity index is 0.000000189. The van der Waals surface area contributed by atoms with Crippen LogP contribution in [0, 0.1) is 11.8 Å². The first-order chi connectivity index (χ1) is 69.8. The third kappa shape index (κ3) is 38.9. The molecule has 1 unspecified atom stereocenters. The van der Waals surface area contributed by atoms with Gasteiger partial charge in [-0.3, -0.25) is 19.2 Å². The summed E-state index contributed by atoms with van der Waals surface area (Å²) < 4.78 is 35.3. The van der Waals surface area contributed by atoms with Gasteiger partial charge in [0.25, 0.3) is 0 Å². The number of amides is 3. The number of sulfonamides is 1. The van der Waals surface area contributed by atoms with E-state index in [0.717, 1.165) is 187 Å². The quantitative estimate of drug-likeness (QED) is 0.116. The van der Waals surface area contributed by atoms with Crippen LogP contribution in [0.4, 0.5) is 39.8 Å². The molecule has 3 amide bonds. The first-order valence-corrected chi connectivity index (χ1v) is 57.9. The van der Waals surface area contributed by atoms with Crippen molar-refractivity contribution in [2.45, 2.75) is 288 Å². The maximum absolute atomic E-state index is 12.0. The minimum atomic E-state index is -3.05. The number of Topliss-reactive ketones (excluding diaryl/α,β-unsaturated/α-hetero) is 1. The summed E-state index contributed by atoms with van der Waals surface area (Å²) in [5.41, 5.74) is 22.7. The second-order valence-corrected chi connectivity index (χ2v) is 52.7. The highest BCUT2D eigenvalue weighted by Gasteiger charge is 2.33. The summed E-state index contributed by atoms with van der Waals surface area (Å²) in [4.78, 5) is 69.0. The van der Waals surface area contributed by atoms with E-state index >= 15 is 0 Å². The van der Waals surface area contributed by atoms with E-state index in [9.17, 15) is 27.6 Å². The molecule has 0 radical (unpaired) electrons. The summed E-state index contributed by atoms with van der Waals surface area (Å²) in [7, 11) is 0.609. The van der Waals surface area contributed by atoms with Crippen LogP contribution < -0.4 is 39.6 Å². The van der Waals surface area contributed by atoms with Crippen LogP contribution in [0.25, 0.3) is 0 Å². The van der Waals surface area contributed by atoms with Crippen LogP contribution in [0.15, 0.2) is 188 Å². The minimum Gasteiger partial charge on any atom is -0.378 e. The topological polar surface area (TPSA) is 169 Å². The molecule has 8 heterocycles. The number of carbonyl (C=O) groups is 4. The molecule has 8 aliphatic heterocycles. The van der Waals surface area contributed by atoms with Crippen molar-refractivity contribution in [3.63, 3.8) is 0 Å². The Morgan fingerprint density at radius 1 is 0.349 bits per heavy atom. The van der Waals surface area contributed by atoms with E-state index in [2.05, 4.69) is 394 Å². The first kappa shape index (κ1) is 123. The Morgan fingerprint density at radius 2 is 0.685 bits per heavy atom. The standard InChI is InChI=1S/C18H27ClN2O.C18H27NO.C17H26N2O.C16H24N2O.C15H24N2O2S.C15H23N.2C14H21NO/c1-18(2,3)14-6-7-16(15(19)12-14)21-10-8-13(9-11-21)17(22)20(4)5;1-5-17(20)14-7-6-12-19(13-14)16-10-8-15(9-11-16)18(2,3)4;1-5-16(20)19-11-9-18(10-12-19)15-8-6-7-14(13-15)17(2,3)4;1-13(19)17-9-11-18(12-10-17)15-7-5-14(6-8-15)16(2,3)4;1-15(2,3)13-5-7-14(8-6-13)16-9-11-17(12-10-16)20(4,18)19;1-15(2,3)14-6-4-5-13(11-14)12-7-9-16-10-8-12;1-14(2,3)12-4-6-13(7-5-12)15-8-10-16-11-9-15;1-14(2,3)12-5-4-6-13(11-12)15-7-9-16-10-8-15/h6-7,12-13H,8-11H2,1-5H3;8-11,14H,5-7,12-13H2,1-4H3;6-8,13H,5,9-12H2,1-4H3;5-8H,9-12H2,1-4H3;5-8H,9-12H2,1-4H3;4-6,11-12,16H,7-10H2,1-3H3;4-7H,8-11H2,1-3H3;4-6,11H,7-10H2,1-3H3. The lowest BCUT2D eigenvalue weighted by molar-refractivity contribution is -0.133. The molecule has 0 aromatic heterocycles. The number of carbonyl (C=O) groups excluding carboxylic acids is 4. The van der Waals surface area contributed by atoms with E-state index in [1.54, 1.807) is 16.1 Å². The van der Waals surface area contributed by atoms with Gasteiger partial charge < -0.3 is 63.8 Å². The lowest BCUT2D eigenvalue weighted by Gasteiger charge is -2.36. The molecule has 22 heteroatoms. The van der Waals surface area contributed by atoms with Crippen LogP contribution in [0.1, 0.15) is 294 Å². The van der Waals surface area contributed by atoms with Crippen LogP contribution in [0.3, 0.4) is 0 Å². The highest BCUT2D eigenvalue weighted by Crippen LogP contribution is 2.39. The zero-order valence-corrected chi connectivity index (χ0v) is 99.2. The monoisotopic (exact) mass is 2080 g/mol. The molecule has 822 valence electrons. The summed E-state index contributed by atoms with van der Waals surface area (Å²) in [6.45, 7) is 82.4. The molecular weight excluding hydrogens is 1890 g/mol. The normalized spacial score (nSPS) is 17.7. The predicted molar refractivity (Wildman–Crippen MR) is 633 cm³/mol. The van der Waals surface area contributed by atoms with E-state index in [4.69, 9.17) is 21.1 Å². The van der Waals surface area contributed by atoms with Gasteiger partial charge >= 0.3 is 0 Å². The van der Waals surface area contributed by atoms with Crippen molar-refractivity contribution in [3.8, 4) is 0 Å². The van der Waals surface area contributed by atoms with Gasteiger partial charge in [0, 0.05) is 211 Å². The average molecular weight is 2080 g/mol. The van der Waals surface area contributed by atoms with Gasteiger partial charge in [0.15, 0.2) is 0 Å². The fraction of sp³-hybridized carbons (Fsp3) is 0.591. The van der Waals surface area contributed by atoms with Crippen LogP contribution in [0.5, 0.6) is 0 Å². The van der Waals surface area contributed by atoms with E-state index < -0.39 is 10.0 Å². The van der Waals surface area contributed by atoms with Crippen molar-refractivity contribution >= 4 is 84.9 Å². The molecule has 20 nitrogen and oxygen atoms in total. The summed E-state index contributed by atoms with van der Waals surface area (Å²) >= 11 is 6.50. The van der Waals surface area contributed by atoms with Crippen molar-refractivity contribution < 1.29 is 37.1 Å². The minimum absolute atomic E-state index is 0.104. The molecule has 0 bridgehead atoms. The van der Waals surface area contributed by atoms with Gasteiger partial charge in [-0.15, -0.1) is 0 Å². The lowest BCUT2D eigenvalue weighted by Crippen LogP contribution is -2.48. The highest BCUT2D eigenvalue weighted by atomic mass is 35.5. The van der Waals surface area contributed by atoms with Crippen LogP contribution in [0.2, 0.25) is 5.02 Å². The SMILES string of the molecule is CC(=O)N1CCN(c2ccc(C(C)(C)C)cc2)CC1.CC(C)(C)c1ccc(N2CCN(S(C)(=O)=O)CC2)cc1.CC(C)(C)c1ccc(N2CCOCC2)cc1.CC(C)(C)c1cccc(C2CCNCC2)c1.CC(C)(C)c1cccc(N2CCOCC2)c1.CCC(=O)C1CCCN(c2ccc(C(C)(C)C)cc2)C1.CCC(=O)N1CCN(c2cccc(C(C)(C)C)c2)CC1.CN(C)C(=O)C1CCN(c2ccc(C(C)(C)C)cc2Cl)CC1. The molecule has 0 aliphatic carbocycles. The number of nitrogens with one attached hydrogen (secondary N) is 1. The number of rotatable bonds is 13. The molecule has 8 aliphatic rings. The van der Waals surface area contributed by atoms with E-state index in [1.165, 1.54) is 116 Å². The van der Waals surface area contributed by atoms with Crippen molar-refractivity contribution in [2.75, 3.05) is 225 Å². The summed E-state index contributed by atoms with van der Waals surface area (Å²) in [5.74, 6) is 2.27. The number of piperidine rings is 3. The number of ether oxygens (including phenoxy) is 2. The van der Waals surface area contributed by atoms with Crippen LogP contribution in [-0.4, -0.2) is 242 Å². The second kappa shape index (κ2) is 55.4. The van der Waals surface area contributed by atoms with Gasteiger partial charge in [-0.05, 0) is 236 Å². The Kier molecular flexibility index (Phi) is 45.7. The zero-order chi connectivity index (χ0) is 110. The van der Waals surface area contributed by atoms with E-state index in [0.29, 0.717) is 31.7 Å². The summed E-state index contributed by atoms with van der Waals surface area (Å²) in [6, 6.07) is 68.4. The molecule has 0 saturated carbocycles. The number of nitrogens with zero attached hydrogens (tertiary/aromatic N) is 11. The number of hydrogen-bond donors (Lipinski definition) is 1. The zero-order valence-electron chi connectivity index (χ0n) is 97.6. The maximum atomic E-state index is 12.0. The fourth-order valence-corrected chi connectivity index (χ4v) is 20.9. The molecule has 0 spiro atoms. The van der Waals surface area contributed by atoms with Gasteiger partial charge in [-0.2, -0.15) is 4.31 Å². The molecule has 8 saturated heterocycles. The smallest absolute Gasteiger partial charge is 0.225 e. The second-order valence-electron chi connectivity index (χ2n) is 50.3. The molecule has 149 heavy (non-hydrogen) atoms. The Hall–Kier alpha value is -9.48. The predicted octanol–water partition coefficient (Wildman–Crippen LogP) is 25.0. The summed E-state index contributed by atoms with van der Waals surface area (Å²) in [5, 5.41) is 4.24. The first-order valence-electron chi connectivity index (χ1n) is 55.7. The number of anilines is 7. The van der Waals surface area contributed by atoms with Crippen LogP contribution in [-0.2, 0) is 82.0 Å². The van der Waals surface area contributed by atoms with Crippen molar-refractivity contribution in [3.05, 3.63) is 243 Å². The fourth-order valence-electron chi connectivity index (χ4n) is 19.8. The van der Waals surface area contributed by atoms with Gasteiger partial charge in [-0.1, -0.05) is 295 Å². The lowest BCUT2D eigenvalue weighted by atomic mass is 9.83. The largest absolute Gasteiger partial charge is 0.378 e. The number of hydrogen-bond acceptors (Lipinski definition) is 16. The Bertz CT molecular complexity index is 5460. The van der Waals surface area contributed by atoms with Crippen molar-refractivity contribution in [1.82, 2.24) is 24.3 Å². The van der Waals surface area contributed by atoms with Gasteiger partial charge in [-0.25, -0.2) is 8.42 Å². The van der Waals surface area contributed by atoms with Gasteiger partial charge in [0.05, 0.1) is 43.4 Å². The molecule has 16 rings (SSSR count). The highest BCUT2D eigenvalue weighted by molar-refractivity contribution is 7.88. The van der Waals surface area contributed by atoms with Crippen LogP contribution >= 0.6 is 11.6 Å². The molecule has 1 N–H and O–H groups in total. The number of piperazine rings is 3. The maximum Gasteiger partial charge on any atom is 0.225 e. The third-order valence-electron chi connectivity index (χ3n) is 30.2. The average Bonchev–Trinajstić information content (AvgIpc) is 0.818.